The molecule has 0 spiro atoms. The number of nitrogens with zero attached hydrogens (tertiary/aromatic N) is 2. The van der Waals surface area contributed by atoms with Crippen molar-refractivity contribution in [2.24, 2.45) is 5.73 Å². The Kier molecular flexibility index (Phi) is 3.76. The third-order valence-corrected chi connectivity index (χ3v) is 3.42. The molecule has 1 aromatic carbocycles. The number of amides is 2. The number of aromatic amines is 1. The molecule has 0 bridgehead atoms. The van der Waals surface area contributed by atoms with Gasteiger partial charge in [-0.05, 0) is 42.3 Å². The topological polar surface area (TPSA) is 114 Å². The molecule has 0 unspecified atom stereocenters. The van der Waals surface area contributed by atoms with Gasteiger partial charge in [-0.2, -0.15) is 0 Å². The number of rotatable bonds is 4. The number of aromatic nitrogens is 3. The van der Waals surface area contributed by atoms with Crippen molar-refractivity contribution in [3.63, 3.8) is 0 Å². The highest BCUT2D eigenvalue weighted by Gasteiger charge is 2.17. The molecule has 3 aromatic rings. The number of imidazole rings is 1. The summed E-state index contributed by atoms with van der Waals surface area (Å²) >= 11 is 0. The maximum absolute atomic E-state index is 12.3. The van der Waals surface area contributed by atoms with E-state index in [1.807, 2.05) is 25.1 Å². The maximum atomic E-state index is 12.3. The van der Waals surface area contributed by atoms with Crippen molar-refractivity contribution < 1.29 is 9.59 Å². The van der Waals surface area contributed by atoms with Gasteiger partial charge >= 0.3 is 0 Å². The molecular formula is C16H15N5O2. The first kappa shape index (κ1) is 14.7. The highest BCUT2D eigenvalue weighted by Crippen LogP contribution is 2.26. The van der Waals surface area contributed by atoms with Crippen LogP contribution < -0.4 is 11.1 Å². The second-order valence-corrected chi connectivity index (χ2v) is 4.96. The Hall–Kier alpha value is -3.22. The molecule has 3 rings (SSSR count). The van der Waals surface area contributed by atoms with Crippen molar-refractivity contribution >= 4 is 22.8 Å². The Labute approximate surface area is 131 Å². The Morgan fingerprint density at radius 1 is 1.22 bits per heavy atom. The molecule has 116 valence electrons. The fourth-order valence-electron chi connectivity index (χ4n) is 2.37. The van der Waals surface area contributed by atoms with E-state index in [0.29, 0.717) is 23.1 Å². The molecule has 0 aliphatic heterocycles. The van der Waals surface area contributed by atoms with Crippen molar-refractivity contribution in [1.82, 2.24) is 20.3 Å². The zero-order chi connectivity index (χ0) is 16.4. The molecular weight excluding hydrogens is 294 g/mol. The molecule has 2 aromatic heterocycles. The van der Waals surface area contributed by atoms with Crippen molar-refractivity contribution in [1.29, 1.82) is 0 Å². The molecule has 7 nitrogen and oxygen atoms in total. The lowest BCUT2D eigenvalue weighted by molar-refractivity contribution is 0.0954. The number of fused-ring (bicyclic) bond motifs is 1. The van der Waals surface area contributed by atoms with Gasteiger partial charge in [0.25, 0.3) is 11.8 Å². The molecule has 23 heavy (non-hydrogen) atoms. The van der Waals surface area contributed by atoms with Crippen LogP contribution in [0.2, 0.25) is 0 Å². The van der Waals surface area contributed by atoms with E-state index in [2.05, 4.69) is 20.3 Å². The smallest absolute Gasteiger partial charge is 0.284 e. The van der Waals surface area contributed by atoms with Crippen LogP contribution in [0.4, 0.5) is 0 Å². The van der Waals surface area contributed by atoms with E-state index in [1.165, 1.54) is 0 Å². The SMILES string of the molecule is CCNC(=O)c1cc(-c2ccncc2)cc2[nH]c(C(N)=O)nc12. The summed E-state index contributed by atoms with van der Waals surface area (Å²) in [4.78, 5) is 34.7. The third kappa shape index (κ3) is 2.76. The summed E-state index contributed by atoms with van der Waals surface area (Å²) in [5.74, 6) is -0.901. The van der Waals surface area contributed by atoms with Crippen molar-refractivity contribution in [3.8, 4) is 11.1 Å². The van der Waals surface area contributed by atoms with Crippen molar-refractivity contribution in [2.45, 2.75) is 6.92 Å². The van der Waals surface area contributed by atoms with Crippen LogP contribution in [0.1, 0.15) is 27.9 Å². The predicted molar refractivity (Wildman–Crippen MR) is 85.8 cm³/mol. The standard InChI is InChI=1S/C16H15N5O2/c1-2-19-16(23)11-7-10(9-3-5-18-6-4-9)8-12-13(11)21-15(20-12)14(17)22/h3-8H,2H2,1H3,(H2,17,22)(H,19,23)(H,20,21). The van der Waals surface area contributed by atoms with E-state index in [0.717, 1.165) is 11.1 Å². The summed E-state index contributed by atoms with van der Waals surface area (Å²) < 4.78 is 0. The number of hydrogen-bond donors (Lipinski definition) is 3. The Balaban J connectivity index is 2.24. The number of nitrogens with two attached hydrogens (primary N) is 1. The van der Waals surface area contributed by atoms with E-state index >= 15 is 0 Å². The number of pyridine rings is 1. The molecule has 4 N–H and O–H groups in total. The minimum atomic E-state index is -0.673. The summed E-state index contributed by atoms with van der Waals surface area (Å²) in [7, 11) is 0. The molecule has 0 aliphatic carbocycles. The molecule has 0 saturated carbocycles. The van der Waals surface area contributed by atoms with Gasteiger partial charge in [-0.1, -0.05) is 0 Å². The predicted octanol–water partition coefficient (Wildman–Crippen LogP) is 1.47. The average molecular weight is 309 g/mol. The molecule has 0 saturated heterocycles. The highest BCUT2D eigenvalue weighted by molar-refractivity contribution is 6.07. The number of nitrogens with one attached hydrogen (secondary N) is 2. The molecule has 7 heteroatoms. The second kappa shape index (κ2) is 5.88. The van der Waals surface area contributed by atoms with Gasteiger partial charge in [0.15, 0.2) is 5.82 Å². The molecule has 2 amide bonds. The normalized spacial score (nSPS) is 10.7. The number of primary amides is 1. The summed E-state index contributed by atoms with van der Waals surface area (Å²) in [5, 5.41) is 2.75. The van der Waals surface area contributed by atoms with Crippen LogP contribution in [0.15, 0.2) is 36.7 Å². The minimum absolute atomic E-state index is 0.0254. The van der Waals surface area contributed by atoms with Crippen LogP contribution >= 0.6 is 0 Å². The number of benzene rings is 1. The molecule has 0 atom stereocenters. The van der Waals surface area contributed by atoms with Crippen molar-refractivity contribution in [3.05, 3.63) is 48.0 Å². The summed E-state index contributed by atoms with van der Waals surface area (Å²) in [6.07, 6.45) is 3.35. The maximum Gasteiger partial charge on any atom is 0.284 e. The lowest BCUT2D eigenvalue weighted by atomic mass is 10.0. The Bertz CT molecular complexity index is 886. The van der Waals surface area contributed by atoms with Crippen LogP contribution in [0.25, 0.3) is 22.2 Å². The quantitative estimate of drug-likeness (QED) is 0.677. The van der Waals surface area contributed by atoms with Gasteiger partial charge < -0.3 is 16.0 Å². The average Bonchev–Trinajstić information content (AvgIpc) is 2.99. The highest BCUT2D eigenvalue weighted by atomic mass is 16.2. The Morgan fingerprint density at radius 3 is 2.61 bits per heavy atom. The number of H-pyrrole nitrogens is 1. The van der Waals surface area contributed by atoms with Crippen LogP contribution in [-0.4, -0.2) is 33.3 Å². The minimum Gasteiger partial charge on any atom is -0.363 e. The number of carbonyl (C=O) groups is 2. The van der Waals surface area contributed by atoms with Gasteiger partial charge in [-0.3, -0.25) is 14.6 Å². The van der Waals surface area contributed by atoms with Crippen LogP contribution in [0, 0.1) is 0 Å². The van der Waals surface area contributed by atoms with E-state index in [9.17, 15) is 9.59 Å². The molecule has 0 fully saturated rings. The first-order valence-electron chi connectivity index (χ1n) is 7.12. The lowest BCUT2D eigenvalue weighted by Crippen LogP contribution is -2.23. The molecule has 0 aliphatic rings. The third-order valence-electron chi connectivity index (χ3n) is 3.42. The fourth-order valence-corrected chi connectivity index (χ4v) is 2.37. The summed E-state index contributed by atoms with van der Waals surface area (Å²) in [5.41, 5.74) is 8.38. The largest absolute Gasteiger partial charge is 0.363 e. The van der Waals surface area contributed by atoms with Crippen LogP contribution in [0.5, 0.6) is 0 Å². The van der Waals surface area contributed by atoms with Crippen LogP contribution in [0.3, 0.4) is 0 Å². The van der Waals surface area contributed by atoms with Gasteiger partial charge in [0.2, 0.25) is 0 Å². The zero-order valence-corrected chi connectivity index (χ0v) is 12.5. The lowest BCUT2D eigenvalue weighted by Gasteiger charge is -2.07. The van der Waals surface area contributed by atoms with Gasteiger partial charge in [0, 0.05) is 18.9 Å². The second-order valence-electron chi connectivity index (χ2n) is 4.96. The van der Waals surface area contributed by atoms with E-state index in [4.69, 9.17) is 5.73 Å². The molecule has 2 heterocycles. The fraction of sp³-hybridized carbons (Fsp3) is 0.125. The van der Waals surface area contributed by atoms with Gasteiger partial charge in [0.1, 0.15) is 5.52 Å². The van der Waals surface area contributed by atoms with Crippen molar-refractivity contribution in [2.75, 3.05) is 6.54 Å². The number of carbonyl (C=O) groups excluding carboxylic acids is 2. The first-order chi connectivity index (χ1) is 11.1. The van der Waals surface area contributed by atoms with E-state index in [1.54, 1.807) is 18.5 Å². The van der Waals surface area contributed by atoms with Gasteiger partial charge in [-0.25, -0.2) is 4.98 Å². The zero-order valence-electron chi connectivity index (χ0n) is 12.5. The number of hydrogen-bond acceptors (Lipinski definition) is 4. The Morgan fingerprint density at radius 2 is 1.96 bits per heavy atom. The summed E-state index contributed by atoms with van der Waals surface area (Å²) in [6, 6.07) is 7.25. The molecule has 0 radical (unpaired) electrons. The monoisotopic (exact) mass is 309 g/mol. The van der Waals surface area contributed by atoms with Gasteiger partial charge in [-0.15, -0.1) is 0 Å². The van der Waals surface area contributed by atoms with Gasteiger partial charge in [0.05, 0.1) is 11.1 Å². The first-order valence-corrected chi connectivity index (χ1v) is 7.12. The van der Waals surface area contributed by atoms with E-state index < -0.39 is 5.91 Å². The summed E-state index contributed by atoms with van der Waals surface area (Å²) in [6.45, 7) is 2.33. The van der Waals surface area contributed by atoms with Crippen LogP contribution in [-0.2, 0) is 0 Å². The van der Waals surface area contributed by atoms with E-state index in [-0.39, 0.29) is 11.7 Å².